The summed E-state index contributed by atoms with van der Waals surface area (Å²) in [6.45, 7) is 0. The average molecular weight is 136 g/mol. The van der Waals surface area contributed by atoms with Gasteiger partial charge in [-0.05, 0) is 12.2 Å². The Bertz CT molecular complexity index is 187. The molecule has 0 saturated heterocycles. The van der Waals surface area contributed by atoms with E-state index < -0.39 is 0 Å². The molecule has 0 saturated carbocycles. The molecule has 0 aromatic carbocycles. The third kappa shape index (κ3) is 1.97. The molecule has 0 aliphatic carbocycles. The molecular formula is C8H12N2. The van der Waals surface area contributed by atoms with Crippen molar-refractivity contribution < 1.29 is 0 Å². The summed E-state index contributed by atoms with van der Waals surface area (Å²) in [7, 11) is 4.00. The Kier molecular flexibility index (Phi) is 2.15. The predicted molar refractivity (Wildman–Crippen MR) is 43.2 cm³/mol. The highest BCUT2D eigenvalue weighted by Gasteiger charge is 1.90. The van der Waals surface area contributed by atoms with Crippen molar-refractivity contribution >= 4 is 0 Å². The van der Waals surface area contributed by atoms with Crippen LogP contribution in [0.3, 0.4) is 0 Å². The van der Waals surface area contributed by atoms with Gasteiger partial charge < -0.3 is 10.2 Å². The number of allylic oxidation sites excluding steroid dienone is 3. The van der Waals surface area contributed by atoms with Crippen LogP contribution in [0, 0.1) is 0 Å². The van der Waals surface area contributed by atoms with E-state index in [0.29, 0.717) is 0 Å². The highest BCUT2D eigenvalue weighted by atomic mass is 15.0. The third-order valence-electron chi connectivity index (χ3n) is 1.13. The first-order chi connectivity index (χ1) is 4.79. The van der Waals surface area contributed by atoms with E-state index in [1.807, 2.05) is 49.6 Å². The van der Waals surface area contributed by atoms with Crippen molar-refractivity contribution in [2.24, 2.45) is 0 Å². The van der Waals surface area contributed by atoms with Crippen molar-refractivity contribution in [1.82, 2.24) is 10.2 Å². The van der Waals surface area contributed by atoms with Crippen molar-refractivity contribution in [2.75, 3.05) is 14.1 Å². The molecule has 0 amide bonds. The molecule has 0 bridgehead atoms. The van der Waals surface area contributed by atoms with Crippen LogP contribution >= 0.6 is 0 Å². The topological polar surface area (TPSA) is 15.3 Å². The third-order valence-corrected chi connectivity index (χ3v) is 1.13. The lowest BCUT2D eigenvalue weighted by atomic mass is 10.3. The SMILES string of the molecule is CN(C)C=C1C=CC=CN1. The van der Waals surface area contributed by atoms with Crippen molar-refractivity contribution in [1.29, 1.82) is 0 Å². The summed E-state index contributed by atoms with van der Waals surface area (Å²) in [5.41, 5.74) is 1.12. The Hall–Kier alpha value is -1.18. The van der Waals surface area contributed by atoms with Gasteiger partial charge in [0.1, 0.15) is 0 Å². The largest absolute Gasteiger partial charge is 0.382 e. The van der Waals surface area contributed by atoms with Gasteiger partial charge in [-0.15, -0.1) is 0 Å². The summed E-state index contributed by atoms with van der Waals surface area (Å²) < 4.78 is 0. The van der Waals surface area contributed by atoms with E-state index in [0.717, 1.165) is 5.70 Å². The highest BCUT2D eigenvalue weighted by Crippen LogP contribution is 1.97. The molecule has 0 atom stereocenters. The monoisotopic (exact) mass is 136 g/mol. The molecule has 0 spiro atoms. The maximum atomic E-state index is 3.10. The molecule has 10 heavy (non-hydrogen) atoms. The Morgan fingerprint density at radius 1 is 1.40 bits per heavy atom. The molecule has 0 aromatic heterocycles. The predicted octanol–water partition coefficient (Wildman–Crippen LogP) is 1.06. The summed E-state index contributed by atoms with van der Waals surface area (Å²) in [4.78, 5) is 2.01. The second-order valence-corrected chi connectivity index (χ2v) is 2.41. The molecule has 2 heteroatoms. The molecule has 0 fully saturated rings. The molecule has 0 radical (unpaired) electrons. The van der Waals surface area contributed by atoms with E-state index >= 15 is 0 Å². The summed E-state index contributed by atoms with van der Waals surface area (Å²) >= 11 is 0. The van der Waals surface area contributed by atoms with Gasteiger partial charge in [0.15, 0.2) is 0 Å². The minimum atomic E-state index is 1.12. The van der Waals surface area contributed by atoms with Crippen LogP contribution in [0.2, 0.25) is 0 Å². The summed E-state index contributed by atoms with van der Waals surface area (Å²) in [5, 5.41) is 3.10. The molecule has 1 aliphatic heterocycles. The molecule has 54 valence electrons. The zero-order valence-corrected chi connectivity index (χ0v) is 6.33. The van der Waals surface area contributed by atoms with Gasteiger partial charge in [-0.2, -0.15) is 0 Å². The van der Waals surface area contributed by atoms with Crippen LogP contribution in [-0.2, 0) is 0 Å². The first-order valence-corrected chi connectivity index (χ1v) is 3.27. The van der Waals surface area contributed by atoms with Gasteiger partial charge in [0.25, 0.3) is 0 Å². The van der Waals surface area contributed by atoms with Gasteiger partial charge in [-0.1, -0.05) is 6.08 Å². The fraction of sp³-hybridized carbons (Fsp3) is 0.250. The number of nitrogens with zero attached hydrogens (tertiary/aromatic N) is 1. The van der Waals surface area contributed by atoms with Crippen LogP contribution in [0.4, 0.5) is 0 Å². The standard InChI is InChI=1S/C8H12N2/c1-10(2)7-8-5-3-4-6-9-8/h3-7,9H,1-2H3. The van der Waals surface area contributed by atoms with Gasteiger partial charge in [0, 0.05) is 26.5 Å². The quantitative estimate of drug-likeness (QED) is 0.580. The van der Waals surface area contributed by atoms with Crippen LogP contribution in [0.25, 0.3) is 0 Å². The number of hydrogen-bond donors (Lipinski definition) is 1. The highest BCUT2D eigenvalue weighted by molar-refractivity contribution is 5.26. The molecule has 0 unspecified atom stereocenters. The van der Waals surface area contributed by atoms with Crippen molar-refractivity contribution in [3.63, 3.8) is 0 Å². The van der Waals surface area contributed by atoms with E-state index in [2.05, 4.69) is 5.32 Å². The van der Waals surface area contributed by atoms with E-state index in [9.17, 15) is 0 Å². The lowest BCUT2D eigenvalue weighted by Gasteiger charge is -2.09. The molecule has 1 N–H and O–H groups in total. The van der Waals surface area contributed by atoms with Crippen LogP contribution in [0.1, 0.15) is 0 Å². The van der Waals surface area contributed by atoms with E-state index in [4.69, 9.17) is 0 Å². The maximum Gasteiger partial charge on any atom is 0.0541 e. The van der Waals surface area contributed by atoms with Crippen molar-refractivity contribution in [3.8, 4) is 0 Å². The zero-order valence-electron chi connectivity index (χ0n) is 6.33. The lowest BCUT2D eigenvalue weighted by molar-refractivity contribution is 0.556. The number of hydrogen-bond acceptors (Lipinski definition) is 2. The number of nitrogens with one attached hydrogen (secondary N) is 1. The van der Waals surface area contributed by atoms with E-state index in [1.54, 1.807) is 0 Å². The fourth-order valence-corrected chi connectivity index (χ4v) is 0.766. The first-order valence-electron chi connectivity index (χ1n) is 3.27. The number of rotatable bonds is 1. The molecule has 1 rings (SSSR count). The maximum absolute atomic E-state index is 3.10. The summed E-state index contributed by atoms with van der Waals surface area (Å²) in [6.07, 6.45) is 9.94. The van der Waals surface area contributed by atoms with Crippen LogP contribution in [0.5, 0.6) is 0 Å². The smallest absolute Gasteiger partial charge is 0.0541 e. The second kappa shape index (κ2) is 3.11. The van der Waals surface area contributed by atoms with Crippen molar-refractivity contribution in [2.45, 2.75) is 0 Å². The Morgan fingerprint density at radius 3 is 2.70 bits per heavy atom. The normalized spacial score (nSPS) is 19.2. The molecule has 1 heterocycles. The number of dihydropyridines is 1. The van der Waals surface area contributed by atoms with Gasteiger partial charge in [-0.3, -0.25) is 0 Å². The van der Waals surface area contributed by atoms with Crippen LogP contribution in [-0.4, -0.2) is 19.0 Å². The molecule has 2 nitrogen and oxygen atoms in total. The fourth-order valence-electron chi connectivity index (χ4n) is 0.766. The Labute approximate surface area is 61.5 Å². The zero-order chi connectivity index (χ0) is 7.40. The van der Waals surface area contributed by atoms with Gasteiger partial charge in [0.2, 0.25) is 0 Å². The molecule has 0 aromatic rings. The van der Waals surface area contributed by atoms with E-state index in [1.165, 1.54) is 0 Å². The van der Waals surface area contributed by atoms with Gasteiger partial charge in [-0.25, -0.2) is 0 Å². The summed E-state index contributed by atoms with van der Waals surface area (Å²) in [6, 6.07) is 0. The molecule has 1 aliphatic rings. The van der Waals surface area contributed by atoms with Gasteiger partial charge >= 0.3 is 0 Å². The Morgan fingerprint density at radius 2 is 2.20 bits per heavy atom. The Balaban J connectivity index is 2.58. The van der Waals surface area contributed by atoms with E-state index in [-0.39, 0.29) is 0 Å². The first kappa shape index (κ1) is 6.93. The lowest BCUT2D eigenvalue weighted by Crippen LogP contribution is -2.10. The van der Waals surface area contributed by atoms with Gasteiger partial charge in [0.05, 0.1) is 5.70 Å². The second-order valence-electron chi connectivity index (χ2n) is 2.41. The average Bonchev–Trinajstić information content (AvgIpc) is 1.88. The van der Waals surface area contributed by atoms with Crippen molar-refractivity contribution in [3.05, 3.63) is 36.3 Å². The van der Waals surface area contributed by atoms with Crippen LogP contribution in [0.15, 0.2) is 36.3 Å². The minimum absolute atomic E-state index is 1.12. The van der Waals surface area contributed by atoms with Crippen LogP contribution < -0.4 is 5.32 Å². The minimum Gasteiger partial charge on any atom is -0.382 e. The summed E-state index contributed by atoms with van der Waals surface area (Å²) in [5.74, 6) is 0. The molecular weight excluding hydrogens is 124 g/mol.